The molecule has 0 saturated carbocycles. The third-order valence-electron chi connectivity index (χ3n) is 4.17. The van der Waals surface area contributed by atoms with E-state index in [4.69, 9.17) is 0 Å². The number of aromatic amines is 1. The molecule has 4 rings (SSSR count). The number of hydrogen-bond acceptors (Lipinski definition) is 5. The van der Waals surface area contributed by atoms with E-state index >= 15 is 0 Å². The van der Waals surface area contributed by atoms with Crippen molar-refractivity contribution >= 4 is 39.8 Å². The van der Waals surface area contributed by atoms with Crippen LogP contribution in [0, 0.1) is 0 Å². The first-order valence-corrected chi connectivity index (χ1v) is 9.52. The van der Waals surface area contributed by atoms with Gasteiger partial charge < -0.3 is 15.0 Å². The number of halogens is 3. The number of alkyl halides is 3. The number of nitrogens with one attached hydrogen (secondary N) is 2. The Hall–Kier alpha value is -3.60. The van der Waals surface area contributed by atoms with E-state index in [0.717, 1.165) is 11.0 Å². The van der Waals surface area contributed by atoms with E-state index in [-0.39, 0.29) is 5.69 Å². The average molecular weight is 433 g/mol. The molecule has 2 aromatic carbocycles. The highest BCUT2D eigenvalue weighted by Gasteiger charge is 2.33. The fourth-order valence-corrected chi connectivity index (χ4v) is 3.34. The number of nitrogens with zero attached hydrogens (tertiary/aromatic N) is 3. The monoisotopic (exact) mass is 433 g/mol. The summed E-state index contributed by atoms with van der Waals surface area (Å²) in [7, 11) is 1.35. The molecule has 0 aliphatic rings. The maximum absolute atomic E-state index is 12.6. The average Bonchev–Trinajstić information content (AvgIpc) is 3.35. The standard InChI is InChI=1S/C19H14F3N5O2S/c1-27(15-4-2-3-5-16(15)29-19(20,21)22)18(28)24-11-6-7-12-13(8-11)26-17(25-12)14-9-30-10-23-14/h2-10H,1H3,(H,24,28)(H,25,26). The van der Waals surface area contributed by atoms with Crippen molar-refractivity contribution in [1.29, 1.82) is 0 Å². The Morgan fingerprint density at radius 2 is 2.03 bits per heavy atom. The van der Waals surface area contributed by atoms with Crippen molar-refractivity contribution in [3.05, 3.63) is 53.4 Å². The number of anilines is 2. The predicted molar refractivity (Wildman–Crippen MR) is 108 cm³/mol. The van der Waals surface area contributed by atoms with Crippen molar-refractivity contribution in [2.24, 2.45) is 0 Å². The first-order chi connectivity index (χ1) is 14.3. The van der Waals surface area contributed by atoms with E-state index in [2.05, 4.69) is 25.0 Å². The van der Waals surface area contributed by atoms with Crippen LogP contribution in [-0.4, -0.2) is 34.4 Å². The number of carbonyl (C=O) groups is 1. The van der Waals surface area contributed by atoms with Crippen molar-refractivity contribution in [3.8, 4) is 17.3 Å². The van der Waals surface area contributed by atoms with Gasteiger partial charge in [0, 0.05) is 18.1 Å². The summed E-state index contributed by atoms with van der Waals surface area (Å²) in [6, 6.07) is 9.83. The number of aromatic nitrogens is 3. The van der Waals surface area contributed by atoms with Crippen LogP contribution < -0.4 is 15.0 Å². The van der Waals surface area contributed by atoms with Gasteiger partial charge in [0.2, 0.25) is 0 Å². The molecular weight excluding hydrogens is 419 g/mol. The molecule has 0 atom stereocenters. The van der Waals surface area contributed by atoms with Gasteiger partial charge in [-0.05, 0) is 30.3 Å². The predicted octanol–water partition coefficient (Wildman–Crippen LogP) is 5.25. The summed E-state index contributed by atoms with van der Waals surface area (Å²) in [5.74, 6) is 0.129. The molecule has 7 nitrogen and oxygen atoms in total. The molecule has 0 radical (unpaired) electrons. The number of urea groups is 1. The van der Waals surface area contributed by atoms with Crippen LogP contribution in [0.3, 0.4) is 0 Å². The largest absolute Gasteiger partial charge is 0.573 e. The number of hydrogen-bond donors (Lipinski definition) is 2. The number of H-pyrrole nitrogens is 1. The van der Waals surface area contributed by atoms with Crippen LogP contribution in [0.2, 0.25) is 0 Å². The van der Waals surface area contributed by atoms with Crippen LogP contribution in [0.1, 0.15) is 0 Å². The lowest BCUT2D eigenvalue weighted by Crippen LogP contribution is -2.32. The molecule has 2 aromatic heterocycles. The quantitative estimate of drug-likeness (QED) is 0.460. The van der Waals surface area contributed by atoms with Gasteiger partial charge in [-0.25, -0.2) is 14.8 Å². The lowest BCUT2D eigenvalue weighted by Gasteiger charge is -2.21. The van der Waals surface area contributed by atoms with Gasteiger partial charge in [-0.2, -0.15) is 0 Å². The topological polar surface area (TPSA) is 83.1 Å². The number of carbonyl (C=O) groups excluding carboxylic acids is 1. The van der Waals surface area contributed by atoms with Crippen molar-refractivity contribution in [2.45, 2.75) is 6.36 Å². The molecular formula is C19H14F3N5O2S. The molecule has 0 aliphatic heterocycles. The fourth-order valence-electron chi connectivity index (χ4n) is 2.80. The Morgan fingerprint density at radius 1 is 1.23 bits per heavy atom. The minimum absolute atomic E-state index is 0.0271. The molecule has 11 heteroatoms. The highest BCUT2D eigenvalue weighted by atomic mass is 32.1. The summed E-state index contributed by atoms with van der Waals surface area (Å²) >= 11 is 1.45. The fraction of sp³-hybridized carbons (Fsp3) is 0.105. The number of benzene rings is 2. The molecule has 0 saturated heterocycles. The lowest BCUT2D eigenvalue weighted by atomic mass is 10.2. The van der Waals surface area contributed by atoms with Gasteiger partial charge in [-0.1, -0.05) is 12.1 Å². The van der Waals surface area contributed by atoms with Crippen LogP contribution in [0.4, 0.5) is 29.3 Å². The Balaban J connectivity index is 1.54. The van der Waals surface area contributed by atoms with Gasteiger partial charge in [0.05, 0.1) is 22.2 Å². The van der Waals surface area contributed by atoms with Crippen molar-refractivity contribution < 1.29 is 22.7 Å². The molecule has 0 spiro atoms. The van der Waals surface area contributed by atoms with Crippen molar-refractivity contribution in [2.75, 3.05) is 17.3 Å². The van der Waals surface area contributed by atoms with Crippen LogP contribution in [-0.2, 0) is 0 Å². The summed E-state index contributed by atoms with van der Waals surface area (Å²) in [6.45, 7) is 0. The molecule has 2 N–H and O–H groups in total. The van der Waals surface area contributed by atoms with Gasteiger partial charge in [-0.15, -0.1) is 24.5 Å². The number of fused-ring (bicyclic) bond motifs is 1. The maximum atomic E-state index is 12.6. The van der Waals surface area contributed by atoms with Gasteiger partial charge >= 0.3 is 12.4 Å². The summed E-state index contributed by atoms with van der Waals surface area (Å²) in [4.78, 5) is 25.4. The maximum Gasteiger partial charge on any atom is 0.573 e. The molecule has 0 fully saturated rings. The molecule has 154 valence electrons. The molecule has 2 amide bonds. The molecule has 30 heavy (non-hydrogen) atoms. The van der Waals surface area contributed by atoms with Gasteiger partial charge in [-0.3, -0.25) is 4.90 Å². The summed E-state index contributed by atoms with van der Waals surface area (Å²) in [6.07, 6.45) is -4.87. The van der Waals surface area contributed by atoms with Crippen LogP contribution in [0.5, 0.6) is 5.75 Å². The number of para-hydroxylation sites is 2. The SMILES string of the molecule is CN(C(=O)Nc1ccc2nc(-c3cscn3)[nH]c2c1)c1ccccc1OC(F)(F)F. The Bertz CT molecular complexity index is 1190. The number of ether oxygens (including phenoxy) is 1. The zero-order valence-electron chi connectivity index (χ0n) is 15.4. The second-order valence-electron chi connectivity index (χ2n) is 6.20. The van der Waals surface area contributed by atoms with E-state index in [1.807, 2.05) is 5.38 Å². The molecule has 4 aromatic rings. The lowest BCUT2D eigenvalue weighted by molar-refractivity contribution is -0.274. The minimum atomic E-state index is -4.87. The summed E-state index contributed by atoms with van der Waals surface area (Å²) < 4.78 is 41.9. The van der Waals surface area contributed by atoms with E-state index < -0.39 is 18.1 Å². The van der Waals surface area contributed by atoms with Gasteiger partial charge in [0.25, 0.3) is 0 Å². The van der Waals surface area contributed by atoms with Gasteiger partial charge in [0.1, 0.15) is 5.69 Å². The Kier molecular flexibility index (Phi) is 5.04. The number of imidazole rings is 1. The molecule has 2 heterocycles. The van der Waals surface area contributed by atoms with Crippen molar-refractivity contribution in [3.63, 3.8) is 0 Å². The summed E-state index contributed by atoms with van der Waals surface area (Å²) in [5.41, 5.74) is 4.20. The first-order valence-electron chi connectivity index (χ1n) is 8.58. The third-order valence-corrected chi connectivity index (χ3v) is 4.75. The molecule has 0 bridgehead atoms. The van der Waals surface area contributed by atoms with E-state index in [1.165, 1.54) is 36.6 Å². The Morgan fingerprint density at radius 3 is 2.77 bits per heavy atom. The minimum Gasteiger partial charge on any atom is -0.404 e. The highest BCUT2D eigenvalue weighted by Crippen LogP contribution is 2.32. The van der Waals surface area contributed by atoms with Crippen LogP contribution in [0.25, 0.3) is 22.6 Å². The Labute approximate surface area is 172 Å². The van der Waals surface area contributed by atoms with E-state index in [0.29, 0.717) is 28.2 Å². The third kappa shape index (κ3) is 4.20. The number of thiazole rings is 1. The zero-order valence-corrected chi connectivity index (χ0v) is 16.2. The normalized spacial score (nSPS) is 11.5. The number of rotatable bonds is 4. The van der Waals surface area contributed by atoms with E-state index in [9.17, 15) is 18.0 Å². The summed E-state index contributed by atoms with van der Waals surface area (Å²) in [5, 5.41) is 4.51. The second-order valence-corrected chi connectivity index (χ2v) is 6.91. The molecule has 0 unspecified atom stereocenters. The first kappa shape index (κ1) is 19.7. The van der Waals surface area contributed by atoms with Crippen LogP contribution >= 0.6 is 11.3 Å². The van der Waals surface area contributed by atoms with E-state index in [1.54, 1.807) is 23.7 Å². The van der Waals surface area contributed by atoms with Gasteiger partial charge in [0.15, 0.2) is 11.6 Å². The molecule has 0 aliphatic carbocycles. The zero-order chi connectivity index (χ0) is 21.3. The smallest absolute Gasteiger partial charge is 0.404 e. The van der Waals surface area contributed by atoms with Crippen LogP contribution in [0.15, 0.2) is 53.4 Å². The van der Waals surface area contributed by atoms with Crippen molar-refractivity contribution in [1.82, 2.24) is 15.0 Å². The second kappa shape index (κ2) is 7.67. The number of amides is 2. The highest BCUT2D eigenvalue weighted by molar-refractivity contribution is 7.07.